The van der Waals surface area contributed by atoms with Crippen molar-refractivity contribution in [1.82, 2.24) is 14.7 Å². The van der Waals surface area contributed by atoms with Crippen LogP contribution in [0.5, 0.6) is 0 Å². The van der Waals surface area contributed by atoms with E-state index in [1.807, 2.05) is 84.6 Å². The molecule has 0 fully saturated rings. The number of aromatic nitrogens is 2. The number of nitrogens with one attached hydrogen (secondary N) is 1. The summed E-state index contributed by atoms with van der Waals surface area (Å²) in [5.74, 6) is 0.627. The van der Waals surface area contributed by atoms with Gasteiger partial charge in [0.2, 0.25) is 11.8 Å². The third-order valence-electron chi connectivity index (χ3n) is 6.66. The molecule has 2 amide bonds. The second kappa shape index (κ2) is 10.6. The molecule has 2 heterocycles. The fourth-order valence-corrected chi connectivity index (χ4v) is 4.81. The van der Waals surface area contributed by atoms with Crippen LogP contribution in [0.25, 0.3) is 16.8 Å². The molecule has 182 valence electrons. The summed E-state index contributed by atoms with van der Waals surface area (Å²) in [5, 5.41) is 7.84. The van der Waals surface area contributed by atoms with E-state index < -0.39 is 0 Å². The molecule has 1 aliphatic heterocycles. The number of anilines is 1. The fourth-order valence-electron chi connectivity index (χ4n) is 4.81. The molecule has 1 N–H and O–H groups in total. The highest BCUT2D eigenvalue weighted by Crippen LogP contribution is 2.33. The molecule has 0 aliphatic carbocycles. The normalized spacial score (nSPS) is 12.8. The van der Waals surface area contributed by atoms with Gasteiger partial charge >= 0.3 is 0 Å². The van der Waals surface area contributed by atoms with Crippen LogP contribution in [0.2, 0.25) is 0 Å². The van der Waals surface area contributed by atoms with Crippen LogP contribution in [0, 0.1) is 6.92 Å². The zero-order valence-corrected chi connectivity index (χ0v) is 20.5. The van der Waals surface area contributed by atoms with Gasteiger partial charge in [0.15, 0.2) is 0 Å². The van der Waals surface area contributed by atoms with Crippen LogP contribution in [0.15, 0.2) is 84.9 Å². The van der Waals surface area contributed by atoms with Gasteiger partial charge < -0.3 is 10.2 Å². The Morgan fingerprint density at radius 3 is 2.28 bits per heavy atom. The molecule has 0 atom stereocenters. The minimum Gasteiger partial charge on any atom is -0.338 e. The molecule has 3 aromatic carbocycles. The maximum atomic E-state index is 13.0. The van der Waals surface area contributed by atoms with Crippen LogP contribution < -0.4 is 5.32 Å². The number of para-hydroxylation sites is 1. The van der Waals surface area contributed by atoms with Gasteiger partial charge in [0.25, 0.3) is 0 Å². The first-order valence-corrected chi connectivity index (χ1v) is 12.4. The van der Waals surface area contributed by atoms with Crippen LogP contribution in [0.1, 0.15) is 36.1 Å². The highest BCUT2D eigenvalue weighted by Gasteiger charge is 2.22. The first-order chi connectivity index (χ1) is 17.6. The Balaban J connectivity index is 1.27. The van der Waals surface area contributed by atoms with Crippen LogP contribution >= 0.6 is 0 Å². The maximum Gasteiger partial charge on any atom is 0.225 e. The lowest BCUT2D eigenvalue weighted by Gasteiger charge is -2.29. The molecule has 4 aromatic rings. The molecular formula is C30H30N4O2. The maximum absolute atomic E-state index is 13.0. The quantitative estimate of drug-likeness (QED) is 0.379. The average molecular weight is 479 g/mol. The van der Waals surface area contributed by atoms with Crippen molar-refractivity contribution < 1.29 is 9.59 Å². The molecule has 0 spiro atoms. The zero-order chi connectivity index (χ0) is 24.9. The van der Waals surface area contributed by atoms with Gasteiger partial charge in [-0.2, -0.15) is 5.10 Å². The minimum atomic E-state index is -0.124. The summed E-state index contributed by atoms with van der Waals surface area (Å²) in [4.78, 5) is 27.7. The van der Waals surface area contributed by atoms with E-state index in [0.717, 1.165) is 35.5 Å². The lowest BCUT2D eigenvalue weighted by atomic mass is 9.99. The minimum absolute atomic E-state index is 0.104. The van der Waals surface area contributed by atoms with Crippen molar-refractivity contribution >= 4 is 17.6 Å². The number of carbonyl (C=O) groups is 2. The van der Waals surface area contributed by atoms with Crippen molar-refractivity contribution in [3.05, 3.63) is 102 Å². The van der Waals surface area contributed by atoms with Crippen molar-refractivity contribution in [2.24, 2.45) is 0 Å². The molecule has 1 aromatic heterocycles. The Morgan fingerprint density at radius 1 is 0.861 bits per heavy atom. The predicted octanol–water partition coefficient (Wildman–Crippen LogP) is 5.54. The Labute approximate surface area is 211 Å². The smallest absolute Gasteiger partial charge is 0.225 e. The Morgan fingerprint density at radius 2 is 1.53 bits per heavy atom. The number of benzene rings is 3. The Bertz CT molecular complexity index is 1360. The van der Waals surface area contributed by atoms with Gasteiger partial charge in [0.1, 0.15) is 5.82 Å². The number of aryl methyl sites for hydroxylation is 1. The number of carbonyl (C=O) groups excluding carboxylic acids is 2. The number of hydrogen-bond acceptors (Lipinski definition) is 3. The molecule has 0 saturated heterocycles. The van der Waals surface area contributed by atoms with Crippen molar-refractivity contribution in [1.29, 1.82) is 0 Å². The van der Waals surface area contributed by atoms with Crippen LogP contribution in [0.4, 0.5) is 5.82 Å². The van der Waals surface area contributed by atoms with E-state index >= 15 is 0 Å². The highest BCUT2D eigenvalue weighted by atomic mass is 16.2. The fraction of sp³-hybridized carbons (Fsp3) is 0.233. The standard InChI is InChI=1S/C30H30N4O2/c1-22-29(24-12-4-2-5-13-24)30(34(32-22)26-15-6-3-7-16-26)31-27(35)17-10-18-28(36)33-20-19-23-11-8-9-14-25(23)21-33/h2-9,11-16H,10,17-21H2,1H3,(H,31,35). The first kappa shape index (κ1) is 23.5. The second-order valence-electron chi connectivity index (χ2n) is 9.16. The molecule has 6 heteroatoms. The molecule has 1 aliphatic rings. The summed E-state index contributed by atoms with van der Waals surface area (Å²) < 4.78 is 1.78. The molecule has 0 saturated carbocycles. The van der Waals surface area contributed by atoms with Gasteiger partial charge in [-0.05, 0) is 48.6 Å². The topological polar surface area (TPSA) is 67.2 Å². The van der Waals surface area contributed by atoms with Crippen LogP contribution in [0.3, 0.4) is 0 Å². The molecule has 0 radical (unpaired) electrons. The summed E-state index contributed by atoms with van der Waals surface area (Å²) in [6, 6.07) is 28.0. The Kier molecular flexibility index (Phi) is 6.94. The second-order valence-corrected chi connectivity index (χ2v) is 9.16. The Hall–Kier alpha value is -4.19. The van der Waals surface area contributed by atoms with E-state index in [1.54, 1.807) is 4.68 Å². The van der Waals surface area contributed by atoms with E-state index in [0.29, 0.717) is 25.2 Å². The number of nitrogens with zero attached hydrogens (tertiary/aromatic N) is 3. The van der Waals surface area contributed by atoms with Gasteiger partial charge in [-0.1, -0.05) is 72.8 Å². The molecule has 5 rings (SSSR count). The van der Waals surface area contributed by atoms with Crippen molar-refractivity contribution in [3.63, 3.8) is 0 Å². The number of hydrogen-bond donors (Lipinski definition) is 1. The van der Waals surface area contributed by atoms with Crippen molar-refractivity contribution in [2.45, 2.75) is 39.2 Å². The first-order valence-electron chi connectivity index (χ1n) is 12.4. The third-order valence-corrected chi connectivity index (χ3v) is 6.66. The van der Waals surface area contributed by atoms with E-state index in [9.17, 15) is 9.59 Å². The van der Waals surface area contributed by atoms with Gasteiger partial charge in [-0.15, -0.1) is 0 Å². The van der Waals surface area contributed by atoms with Crippen LogP contribution in [-0.4, -0.2) is 33.0 Å². The van der Waals surface area contributed by atoms with Gasteiger partial charge in [-0.25, -0.2) is 4.68 Å². The number of rotatable bonds is 7. The number of fused-ring (bicyclic) bond motifs is 1. The van der Waals surface area contributed by atoms with Gasteiger partial charge in [0.05, 0.1) is 11.4 Å². The largest absolute Gasteiger partial charge is 0.338 e. The predicted molar refractivity (Wildman–Crippen MR) is 142 cm³/mol. The summed E-state index contributed by atoms with van der Waals surface area (Å²) >= 11 is 0. The lowest BCUT2D eigenvalue weighted by molar-refractivity contribution is -0.132. The molecule has 0 bridgehead atoms. The third kappa shape index (κ3) is 5.08. The van der Waals surface area contributed by atoms with Crippen molar-refractivity contribution in [2.75, 3.05) is 11.9 Å². The van der Waals surface area contributed by atoms with Crippen molar-refractivity contribution in [3.8, 4) is 16.8 Å². The average Bonchev–Trinajstić information content (AvgIpc) is 3.24. The summed E-state index contributed by atoms with van der Waals surface area (Å²) in [7, 11) is 0. The SMILES string of the molecule is Cc1nn(-c2ccccc2)c(NC(=O)CCCC(=O)N2CCc3ccccc3C2)c1-c1ccccc1. The molecular weight excluding hydrogens is 448 g/mol. The summed E-state index contributed by atoms with van der Waals surface area (Å²) in [5.41, 5.74) is 6.14. The van der Waals surface area contributed by atoms with Gasteiger partial charge in [0, 0.05) is 31.5 Å². The summed E-state index contributed by atoms with van der Waals surface area (Å²) in [6.07, 6.45) is 2.01. The van der Waals surface area contributed by atoms with E-state index in [2.05, 4.69) is 17.4 Å². The molecule has 6 nitrogen and oxygen atoms in total. The van der Waals surface area contributed by atoms with E-state index in [-0.39, 0.29) is 18.2 Å². The number of amides is 2. The van der Waals surface area contributed by atoms with Gasteiger partial charge in [-0.3, -0.25) is 9.59 Å². The zero-order valence-electron chi connectivity index (χ0n) is 20.5. The van der Waals surface area contributed by atoms with Crippen LogP contribution in [-0.2, 0) is 22.6 Å². The highest BCUT2D eigenvalue weighted by molar-refractivity contribution is 5.95. The lowest BCUT2D eigenvalue weighted by Crippen LogP contribution is -2.35. The monoisotopic (exact) mass is 478 g/mol. The molecule has 0 unspecified atom stereocenters. The van der Waals surface area contributed by atoms with E-state index in [1.165, 1.54) is 11.1 Å². The summed E-state index contributed by atoms with van der Waals surface area (Å²) in [6.45, 7) is 3.34. The van der Waals surface area contributed by atoms with E-state index in [4.69, 9.17) is 5.10 Å². The molecule has 36 heavy (non-hydrogen) atoms.